The average Bonchev–Trinajstić information content (AvgIpc) is 3.50. The molecule has 224 valence electrons. The van der Waals surface area contributed by atoms with Crippen molar-refractivity contribution in [1.29, 1.82) is 0 Å². The molecule has 2 fully saturated rings. The number of rotatable bonds is 10. The lowest BCUT2D eigenvalue weighted by Crippen LogP contribution is -2.66. The van der Waals surface area contributed by atoms with Crippen LogP contribution >= 0.6 is 11.3 Å². The van der Waals surface area contributed by atoms with Crippen molar-refractivity contribution in [3.05, 3.63) is 53.6 Å². The molecule has 2 aliphatic heterocycles. The van der Waals surface area contributed by atoms with Crippen LogP contribution in [0.5, 0.6) is 5.75 Å². The standard InChI is InChI=1S/C30H39N7O4S/c1-5-6-14-32-30(40)37(19(2)3)35-18-26(38)36-23(15-20-10-12-22(41-4)13-11-20)28(39)34(17-25(35)36)16-21-8-7-9-24-27(21)33-29(31)42-24/h7-13,19,23,25H,5-6,14-18H2,1-4H3,(H2,31,33)(H,32,40)/t23-,25+/m0/s1. The largest absolute Gasteiger partial charge is 0.497 e. The van der Waals surface area contributed by atoms with Crippen LogP contribution in [0.2, 0.25) is 0 Å². The van der Waals surface area contributed by atoms with Gasteiger partial charge in [0.1, 0.15) is 18.0 Å². The van der Waals surface area contributed by atoms with E-state index in [-0.39, 0.29) is 37.0 Å². The molecule has 0 saturated carbocycles. The molecule has 2 aliphatic rings. The van der Waals surface area contributed by atoms with Crippen molar-refractivity contribution in [2.24, 2.45) is 0 Å². The molecule has 3 aromatic rings. The Kier molecular flexibility index (Phi) is 8.83. The maximum Gasteiger partial charge on any atom is 0.332 e. The number of aromatic nitrogens is 1. The maximum absolute atomic E-state index is 14.2. The van der Waals surface area contributed by atoms with Gasteiger partial charge in [-0.25, -0.2) is 9.78 Å². The maximum atomic E-state index is 14.2. The molecule has 0 bridgehead atoms. The number of carbonyl (C=O) groups is 3. The summed E-state index contributed by atoms with van der Waals surface area (Å²) in [7, 11) is 1.61. The van der Waals surface area contributed by atoms with Gasteiger partial charge in [-0.3, -0.25) is 14.6 Å². The molecule has 4 amide bonds. The summed E-state index contributed by atoms with van der Waals surface area (Å²) < 4.78 is 6.26. The van der Waals surface area contributed by atoms with Gasteiger partial charge in [-0.15, -0.1) is 0 Å². The summed E-state index contributed by atoms with van der Waals surface area (Å²) in [5.74, 6) is 0.405. The first-order chi connectivity index (χ1) is 20.2. The van der Waals surface area contributed by atoms with Gasteiger partial charge < -0.3 is 25.6 Å². The topological polar surface area (TPSA) is 124 Å². The van der Waals surface area contributed by atoms with E-state index in [4.69, 9.17) is 10.5 Å². The third-order valence-corrected chi connectivity index (χ3v) is 8.67. The number of nitrogens with two attached hydrogens (primary N) is 1. The van der Waals surface area contributed by atoms with E-state index in [1.807, 2.05) is 61.3 Å². The number of hydrogen-bond acceptors (Lipinski definition) is 8. The van der Waals surface area contributed by atoms with Gasteiger partial charge in [-0.1, -0.05) is 48.9 Å². The molecule has 0 unspecified atom stereocenters. The fourth-order valence-electron chi connectivity index (χ4n) is 5.81. The Morgan fingerprint density at radius 3 is 2.67 bits per heavy atom. The highest BCUT2D eigenvalue weighted by Gasteiger charge is 2.52. The van der Waals surface area contributed by atoms with Gasteiger partial charge in [0.15, 0.2) is 5.13 Å². The molecular weight excluding hydrogens is 554 g/mol. The fraction of sp³-hybridized carbons (Fsp3) is 0.467. The third kappa shape index (κ3) is 5.86. The summed E-state index contributed by atoms with van der Waals surface area (Å²) in [4.78, 5) is 49.2. The third-order valence-electron chi connectivity index (χ3n) is 7.82. The Morgan fingerprint density at radius 2 is 1.98 bits per heavy atom. The summed E-state index contributed by atoms with van der Waals surface area (Å²) in [5, 5.41) is 6.94. The zero-order valence-corrected chi connectivity index (χ0v) is 25.4. The number of ether oxygens (including phenoxy) is 1. The van der Waals surface area contributed by atoms with Gasteiger partial charge in [0.25, 0.3) is 0 Å². The number of carbonyl (C=O) groups excluding carboxylic acids is 3. The molecule has 12 heteroatoms. The predicted molar refractivity (Wildman–Crippen MR) is 163 cm³/mol. The summed E-state index contributed by atoms with van der Waals surface area (Å²) in [6.45, 7) is 7.07. The van der Waals surface area contributed by atoms with Crippen molar-refractivity contribution in [3.63, 3.8) is 0 Å². The molecule has 0 radical (unpaired) electrons. The highest BCUT2D eigenvalue weighted by atomic mass is 32.1. The molecule has 3 heterocycles. The number of hydrazine groups is 1. The van der Waals surface area contributed by atoms with Crippen LogP contribution in [0.4, 0.5) is 9.93 Å². The number of anilines is 1. The second-order valence-electron chi connectivity index (χ2n) is 11.0. The second kappa shape index (κ2) is 12.5. The van der Waals surface area contributed by atoms with Crippen molar-refractivity contribution in [2.75, 3.05) is 32.5 Å². The first kappa shape index (κ1) is 29.6. The number of hydrogen-bond donors (Lipinski definition) is 2. The van der Waals surface area contributed by atoms with E-state index in [0.717, 1.165) is 34.2 Å². The van der Waals surface area contributed by atoms with Crippen molar-refractivity contribution in [2.45, 2.75) is 64.8 Å². The molecule has 0 aliphatic carbocycles. The molecule has 2 saturated heterocycles. The minimum absolute atomic E-state index is 0.0163. The number of benzene rings is 2. The number of para-hydroxylation sites is 1. The first-order valence-corrected chi connectivity index (χ1v) is 15.2. The normalized spacial score (nSPS) is 19.1. The first-order valence-electron chi connectivity index (χ1n) is 14.4. The highest BCUT2D eigenvalue weighted by molar-refractivity contribution is 7.22. The summed E-state index contributed by atoms with van der Waals surface area (Å²) in [6.07, 6.45) is 1.67. The van der Waals surface area contributed by atoms with Crippen molar-refractivity contribution >= 4 is 44.5 Å². The van der Waals surface area contributed by atoms with Crippen LogP contribution in [0, 0.1) is 0 Å². The van der Waals surface area contributed by atoms with Crippen LogP contribution in [-0.2, 0) is 22.6 Å². The minimum atomic E-state index is -0.730. The van der Waals surface area contributed by atoms with Crippen LogP contribution in [-0.4, -0.2) is 87.6 Å². The Balaban J connectivity index is 1.49. The lowest BCUT2D eigenvalue weighted by atomic mass is 9.99. The number of nitrogens with zero attached hydrogens (tertiary/aromatic N) is 5. The second-order valence-corrected chi connectivity index (χ2v) is 12.1. The molecule has 42 heavy (non-hydrogen) atoms. The number of amides is 4. The van der Waals surface area contributed by atoms with Gasteiger partial charge in [0, 0.05) is 25.6 Å². The van der Waals surface area contributed by atoms with E-state index in [2.05, 4.69) is 17.2 Å². The lowest BCUT2D eigenvalue weighted by Gasteiger charge is -2.47. The van der Waals surface area contributed by atoms with Gasteiger partial charge >= 0.3 is 6.03 Å². The van der Waals surface area contributed by atoms with Gasteiger partial charge in [0.05, 0.1) is 30.4 Å². The predicted octanol–water partition coefficient (Wildman–Crippen LogP) is 3.45. The van der Waals surface area contributed by atoms with E-state index >= 15 is 0 Å². The summed E-state index contributed by atoms with van der Waals surface area (Å²) in [6, 6.07) is 12.2. The van der Waals surface area contributed by atoms with Gasteiger partial charge in [-0.2, -0.15) is 5.01 Å². The SMILES string of the molecule is CCCCNC(=O)N(C(C)C)N1CC(=O)N2[C@@H](Cc3ccc(OC)cc3)C(=O)N(Cc3cccc4sc(N)nc34)C[C@@H]21. The lowest BCUT2D eigenvalue weighted by molar-refractivity contribution is -0.158. The number of piperazine rings is 1. The van der Waals surface area contributed by atoms with Crippen molar-refractivity contribution in [3.8, 4) is 5.75 Å². The molecule has 2 atom stereocenters. The molecule has 3 N–H and O–H groups in total. The smallest absolute Gasteiger partial charge is 0.332 e. The van der Waals surface area contributed by atoms with E-state index in [9.17, 15) is 14.4 Å². The number of unbranched alkanes of at least 4 members (excludes halogenated alkanes) is 1. The van der Waals surface area contributed by atoms with Crippen LogP contribution in [0.25, 0.3) is 10.2 Å². The zero-order valence-electron chi connectivity index (χ0n) is 24.6. The van der Waals surface area contributed by atoms with Crippen molar-refractivity contribution in [1.82, 2.24) is 30.1 Å². The molecule has 11 nitrogen and oxygen atoms in total. The zero-order chi connectivity index (χ0) is 30.0. The molecule has 0 spiro atoms. The van der Waals surface area contributed by atoms with Crippen LogP contribution < -0.4 is 15.8 Å². The van der Waals surface area contributed by atoms with E-state index in [0.29, 0.717) is 30.4 Å². The number of fused-ring (bicyclic) bond motifs is 2. The number of nitrogen functional groups attached to an aromatic ring is 1. The Bertz CT molecular complexity index is 1440. The number of methoxy groups -OCH3 is 1. The van der Waals surface area contributed by atoms with Gasteiger partial charge in [0.2, 0.25) is 11.8 Å². The Labute approximate surface area is 250 Å². The fourth-order valence-corrected chi connectivity index (χ4v) is 6.59. The number of nitrogens with one attached hydrogen (secondary N) is 1. The molecule has 2 aromatic carbocycles. The number of thiazole rings is 1. The molecular formula is C30H39N7O4S. The summed E-state index contributed by atoms with van der Waals surface area (Å²) in [5.41, 5.74) is 8.59. The minimum Gasteiger partial charge on any atom is -0.497 e. The van der Waals surface area contributed by atoms with Gasteiger partial charge in [-0.05, 0) is 49.6 Å². The quantitative estimate of drug-likeness (QED) is 0.345. The van der Waals surface area contributed by atoms with E-state index < -0.39 is 12.2 Å². The average molecular weight is 594 g/mol. The van der Waals surface area contributed by atoms with E-state index in [1.54, 1.807) is 21.9 Å². The highest BCUT2D eigenvalue weighted by Crippen LogP contribution is 2.33. The molecule has 1 aromatic heterocycles. The molecule has 5 rings (SSSR count). The Morgan fingerprint density at radius 1 is 1.21 bits per heavy atom. The summed E-state index contributed by atoms with van der Waals surface area (Å²) >= 11 is 1.41. The van der Waals surface area contributed by atoms with E-state index in [1.165, 1.54) is 11.3 Å². The van der Waals surface area contributed by atoms with Crippen molar-refractivity contribution < 1.29 is 19.1 Å². The number of urea groups is 1. The van der Waals surface area contributed by atoms with Crippen LogP contribution in [0.3, 0.4) is 0 Å². The Hall–Kier alpha value is -3.90. The van der Waals surface area contributed by atoms with Crippen LogP contribution in [0.1, 0.15) is 44.7 Å². The van der Waals surface area contributed by atoms with Crippen LogP contribution in [0.15, 0.2) is 42.5 Å². The monoisotopic (exact) mass is 593 g/mol.